The number of thiocarbonyl (C=S) groups is 1. The molecule has 0 unspecified atom stereocenters. The van der Waals surface area contributed by atoms with Crippen molar-refractivity contribution in [3.8, 4) is 0 Å². The molecule has 3 heterocycles. The smallest absolute Gasteiger partial charge is 0.232 e. The van der Waals surface area contributed by atoms with Crippen LogP contribution in [0.15, 0.2) is 36.4 Å². The number of anilines is 3. The van der Waals surface area contributed by atoms with Gasteiger partial charge in [-0.15, -0.1) is 0 Å². The van der Waals surface area contributed by atoms with Gasteiger partial charge < -0.3 is 25.2 Å². The lowest BCUT2D eigenvalue weighted by molar-refractivity contribution is 0.122. The minimum absolute atomic E-state index is 0.0889. The maximum absolute atomic E-state index is 5.58. The monoisotopic (exact) mass is 440 g/mol. The van der Waals surface area contributed by atoms with Gasteiger partial charge in [-0.3, -0.25) is 0 Å². The van der Waals surface area contributed by atoms with Crippen molar-refractivity contribution in [2.24, 2.45) is 5.92 Å². The summed E-state index contributed by atoms with van der Waals surface area (Å²) < 4.78 is 5.52. The quantitative estimate of drug-likeness (QED) is 0.684. The van der Waals surface area contributed by atoms with Gasteiger partial charge in [0.1, 0.15) is 11.6 Å². The van der Waals surface area contributed by atoms with Crippen molar-refractivity contribution in [1.29, 1.82) is 0 Å². The van der Waals surface area contributed by atoms with Crippen LogP contribution in [0, 0.1) is 5.92 Å². The zero-order valence-electron chi connectivity index (χ0n) is 18.4. The fourth-order valence-electron chi connectivity index (χ4n) is 4.15. The number of aromatic nitrogens is 2. The van der Waals surface area contributed by atoms with Gasteiger partial charge in [-0.1, -0.05) is 37.3 Å². The SMILES string of the molecule is C[C@@H]1CCCN(c2cc(N3CCOCC3)nc(NC(=S)N[C@@H](C)c3ccccc3)n2)C1. The van der Waals surface area contributed by atoms with Crippen molar-refractivity contribution < 1.29 is 4.74 Å². The highest BCUT2D eigenvalue weighted by Gasteiger charge is 2.21. The predicted molar refractivity (Wildman–Crippen MR) is 130 cm³/mol. The normalized spacial score (nSPS) is 20.3. The number of nitrogens with one attached hydrogen (secondary N) is 2. The third-order valence-corrected chi connectivity index (χ3v) is 6.11. The lowest BCUT2D eigenvalue weighted by Crippen LogP contribution is -2.38. The summed E-state index contributed by atoms with van der Waals surface area (Å²) in [5, 5.41) is 7.09. The summed E-state index contributed by atoms with van der Waals surface area (Å²) in [7, 11) is 0. The zero-order valence-corrected chi connectivity index (χ0v) is 19.2. The van der Waals surface area contributed by atoms with E-state index in [0.29, 0.717) is 17.0 Å². The van der Waals surface area contributed by atoms with Crippen LogP contribution in [0.4, 0.5) is 17.6 Å². The molecule has 7 nitrogen and oxygen atoms in total. The lowest BCUT2D eigenvalue weighted by atomic mass is 10.0. The Morgan fingerprint density at radius 3 is 2.52 bits per heavy atom. The van der Waals surface area contributed by atoms with Crippen LogP contribution in [0.25, 0.3) is 0 Å². The van der Waals surface area contributed by atoms with Crippen LogP contribution in [-0.4, -0.2) is 54.5 Å². The Kier molecular flexibility index (Phi) is 7.19. The minimum atomic E-state index is 0.0889. The van der Waals surface area contributed by atoms with Crippen LogP contribution in [0.2, 0.25) is 0 Å². The number of nitrogens with zero attached hydrogens (tertiary/aromatic N) is 4. The van der Waals surface area contributed by atoms with Gasteiger partial charge in [-0.2, -0.15) is 9.97 Å². The third-order valence-electron chi connectivity index (χ3n) is 5.89. The van der Waals surface area contributed by atoms with Gasteiger partial charge >= 0.3 is 0 Å². The van der Waals surface area contributed by atoms with E-state index in [9.17, 15) is 0 Å². The Morgan fingerprint density at radius 2 is 1.81 bits per heavy atom. The molecular formula is C23H32N6OS. The molecule has 2 fully saturated rings. The topological polar surface area (TPSA) is 65.6 Å². The van der Waals surface area contributed by atoms with E-state index in [-0.39, 0.29) is 6.04 Å². The van der Waals surface area contributed by atoms with E-state index in [1.807, 2.05) is 18.2 Å². The third kappa shape index (κ3) is 5.83. The van der Waals surface area contributed by atoms with Crippen molar-refractivity contribution >= 4 is 34.9 Å². The second kappa shape index (κ2) is 10.2. The molecule has 0 spiro atoms. The molecule has 0 amide bonds. The van der Waals surface area contributed by atoms with E-state index in [0.717, 1.165) is 51.0 Å². The summed E-state index contributed by atoms with van der Waals surface area (Å²) in [4.78, 5) is 14.2. The number of ether oxygens (including phenoxy) is 1. The summed E-state index contributed by atoms with van der Waals surface area (Å²) in [6, 6.07) is 12.5. The van der Waals surface area contributed by atoms with Gasteiger partial charge in [0.05, 0.1) is 19.3 Å². The number of benzene rings is 1. The Bertz CT molecular complexity index is 874. The summed E-state index contributed by atoms with van der Waals surface area (Å²) in [5.41, 5.74) is 1.18. The molecule has 2 aliphatic heterocycles. The first-order valence-corrected chi connectivity index (χ1v) is 11.6. The van der Waals surface area contributed by atoms with Crippen LogP contribution in [0.1, 0.15) is 38.3 Å². The van der Waals surface area contributed by atoms with E-state index in [1.165, 1.54) is 18.4 Å². The van der Waals surface area contributed by atoms with E-state index < -0.39 is 0 Å². The molecule has 2 N–H and O–H groups in total. The molecule has 0 aliphatic carbocycles. The molecule has 0 bridgehead atoms. The van der Waals surface area contributed by atoms with Crippen LogP contribution in [0.5, 0.6) is 0 Å². The number of morpholine rings is 1. The van der Waals surface area contributed by atoms with Crippen LogP contribution in [-0.2, 0) is 4.74 Å². The summed E-state index contributed by atoms with van der Waals surface area (Å²) in [5.74, 6) is 3.09. The molecule has 2 atom stereocenters. The van der Waals surface area contributed by atoms with Crippen LogP contribution in [0.3, 0.4) is 0 Å². The Morgan fingerprint density at radius 1 is 1.10 bits per heavy atom. The highest BCUT2D eigenvalue weighted by molar-refractivity contribution is 7.80. The van der Waals surface area contributed by atoms with E-state index in [4.69, 9.17) is 26.9 Å². The largest absolute Gasteiger partial charge is 0.378 e. The molecule has 4 rings (SSSR count). The Labute approximate surface area is 190 Å². The lowest BCUT2D eigenvalue weighted by Gasteiger charge is -2.33. The van der Waals surface area contributed by atoms with E-state index >= 15 is 0 Å². The second-order valence-electron chi connectivity index (χ2n) is 8.43. The molecule has 2 saturated heterocycles. The first-order chi connectivity index (χ1) is 15.1. The zero-order chi connectivity index (χ0) is 21.6. The van der Waals surface area contributed by atoms with Crippen molar-refractivity contribution in [2.45, 2.75) is 32.7 Å². The number of rotatable bonds is 5. The standard InChI is InChI=1S/C23H32N6OS/c1-17-7-6-10-29(16-17)21-15-20(28-11-13-30-14-12-28)25-22(26-21)27-23(31)24-18(2)19-8-4-3-5-9-19/h3-5,8-9,15,17-18H,6-7,10-14,16H2,1-2H3,(H2,24,25,26,27,31)/t17-,18+/m1/s1. The molecule has 2 aromatic rings. The predicted octanol–water partition coefficient (Wildman–Crippen LogP) is 3.60. The van der Waals surface area contributed by atoms with Gasteiger partial charge in [0.25, 0.3) is 0 Å². The number of hydrogen-bond donors (Lipinski definition) is 2. The molecule has 0 radical (unpaired) electrons. The molecule has 1 aromatic carbocycles. The van der Waals surface area contributed by atoms with E-state index in [2.05, 4.69) is 52.5 Å². The maximum atomic E-state index is 5.58. The molecule has 8 heteroatoms. The average molecular weight is 441 g/mol. The molecule has 31 heavy (non-hydrogen) atoms. The summed E-state index contributed by atoms with van der Waals surface area (Å²) in [6.07, 6.45) is 2.46. The van der Waals surface area contributed by atoms with Gasteiger partial charge in [0, 0.05) is 32.2 Å². The molecule has 166 valence electrons. The highest BCUT2D eigenvalue weighted by Crippen LogP contribution is 2.26. The van der Waals surface area contributed by atoms with Gasteiger partial charge in [0.2, 0.25) is 5.95 Å². The number of hydrogen-bond acceptors (Lipinski definition) is 6. The van der Waals surface area contributed by atoms with Crippen molar-refractivity contribution in [1.82, 2.24) is 15.3 Å². The summed E-state index contributed by atoms with van der Waals surface area (Å²) >= 11 is 5.58. The second-order valence-corrected chi connectivity index (χ2v) is 8.84. The van der Waals surface area contributed by atoms with Gasteiger partial charge in [-0.25, -0.2) is 0 Å². The highest BCUT2D eigenvalue weighted by atomic mass is 32.1. The fourth-order valence-corrected chi connectivity index (χ4v) is 4.42. The Hall–Kier alpha value is -2.45. The Balaban J connectivity index is 1.52. The van der Waals surface area contributed by atoms with Crippen molar-refractivity contribution in [2.75, 3.05) is 54.5 Å². The van der Waals surface area contributed by atoms with Crippen molar-refractivity contribution in [3.63, 3.8) is 0 Å². The minimum Gasteiger partial charge on any atom is -0.378 e. The first-order valence-electron chi connectivity index (χ1n) is 11.2. The fraction of sp³-hybridized carbons (Fsp3) is 0.522. The van der Waals surface area contributed by atoms with Crippen LogP contribution < -0.4 is 20.4 Å². The van der Waals surface area contributed by atoms with E-state index in [1.54, 1.807) is 0 Å². The van der Waals surface area contributed by atoms with Gasteiger partial charge in [-0.05, 0) is 43.5 Å². The van der Waals surface area contributed by atoms with Crippen molar-refractivity contribution in [3.05, 3.63) is 42.0 Å². The summed E-state index contributed by atoms with van der Waals surface area (Å²) in [6.45, 7) is 9.55. The number of piperidine rings is 1. The molecule has 0 saturated carbocycles. The molecule has 1 aromatic heterocycles. The first kappa shape index (κ1) is 21.8. The van der Waals surface area contributed by atoms with Crippen LogP contribution >= 0.6 is 12.2 Å². The molecular weight excluding hydrogens is 408 g/mol. The molecule has 2 aliphatic rings. The van der Waals surface area contributed by atoms with Gasteiger partial charge in [0.15, 0.2) is 5.11 Å². The maximum Gasteiger partial charge on any atom is 0.232 e. The average Bonchev–Trinajstić information content (AvgIpc) is 2.80.